The third-order valence-corrected chi connectivity index (χ3v) is 5.93. The number of sulfonamides is 1. The largest absolute Gasteiger partial charge is 0.351 e. The zero-order valence-electron chi connectivity index (χ0n) is 12.9. The van der Waals surface area contributed by atoms with Gasteiger partial charge in [0.25, 0.3) is 0 Å². The monoisotopic (exact) mass is 348 g/mol. The molecule has 1 fully saturated rings. The van der Waals surface area contributed by atoms with Crippen LogP contribution in [0.25, 0.3) is 0 Å². The lowest BCUT2D eigenvalue weighted by Crippen LogP contribution is -2.57. The molecule has 0 spiro atoms. The van der Waals surface area contributed by atoms with Crippen LogP contribution >= 0.6 is 0 Å². The van der Waals surface area contributed by atoms with Crippen molar-refractivity contribution in [2.75, 3.05) is 6.54 Å². The summed E-state index contributed by atoms with van der Waals surface area (Å²) in [7, 11) is -3.66. The molecular formula is C17H17FN2O3S. The van der Waals surface area contributed by atoms with Crippen molar-refractivity contribution < 1.29 is 17.6 Å². The zero-order valence-corrected chi connectivity index (χ0v) is 13.7. The molecule has 1 aliphatic heterocycles. The lowest BCUT2D eigenvalue weighted by Gasteiger charge is -2.38. The lowest BCUT2D eigenvalue weighted by atomic mass is 10.1. The molecule has 1 aliphatic rings. The van der Waals surface area contributed by atoms with Crippen molar-refractivity contribution >= 4 is 15.9 Å². The molecule has 0 saturated carbocycles. The normalized spacial score (nSPS) is 18.0. The molecule has 0 aromatic heterocycles. The summed E-state index contributed by atoms with van der Waals surface area (Å²) in [4.78, 5) is 12.4. The molecule has 0 unspecified atom stereocenters. The third kappa shape index (κ3) is 3.32. The lowest BCUT2D eigenvalue weighted by molar-refractivity contribution is -0.127. The van der Waals surface area contributed by atoms with Gasteiger partial charge in [0.05, 0.1) is 4.90 Å². The van der Waals surface area contributed by atoms with Crippen molar-refractivity contribution in [1.82, 2.24) is 9.62 Å². The number of rotatable bonds is 5. The van der Waals surface area contributed by atoms with Gasteiger partial charge in [-0.15, -0.1) is 0 Å². The third-order valence-electron chi connectivity index (χ3n) is 4.00. The molecule has 3 rings (SSSR count). The number of hydrogen-bond donors (Lipinski definition) is 1. The number of hydrogen-bond acceptors (Lipinski definition) is 3. The zero-order chi connectivity index (χ0) is 17.2. The van der Waals surface area contributed by atoms with E-state index in [0.29, 0.717) is 13.0 Å². The van der Waals surface area contributed by atoms with Crippen molar-refractivity contribution in [3.05, 3.63) is 66.0 Å². The van der Waals surface area contributed by atoms with Gasteiger partial charge in [-0.25, -0.2) is 12.8 Å². The maximum absolute atomic E-state index is 12.9. The maximum atomic E-state index is 12.9. The van der Waals surface area contributed by atoms with Gasteiger partial charge in [0, 0.05) is 13.1 Å². The molecule has 1 atom stereocenters. The van der Waals surface area contributed by atoms with E-state index >= 15 is 0 Å². The number of benzene rings is 2. The summed E-state index contributed by atoms with van der Waals surface area (Å²) in [5.41, 5.74) is 0.751. The molecule has 2 aromatic rings. The SMILES string of the molecule is O=C(NCc1ccc(F)cc1)[C@@H]1CCN1S(=O)(=O)c1ccccc1. The van der Waals surface area contributed by atoms with Crippen LogP contribution in [0.15, 0.2) is 59.5 Å². The molecular weight excluding hydrogens is 331 g/mol. The summed E-state index contributed by atoms with van der Waals surface area (Å²) in [6.45, 7) is 0.556. The number of carbonyl (C=O) groups excluding carboxylic acids is 1. The topological polar surface area (TPSA) is 66.5 Å². The molecule has 126 valence electrons. The second-order valence-corrected chi connectivity index (χ2v) is 7.47. The fraction of sp³-hybridized carbons (Fsp3) is 0.235. The molecule has 1 amide bonds. The quantitative estimate of drug-likeness (QED) is 0.897. The van der Waals surface area contributed by atoms with Crippen molar-refractivity contribution in [1.29, 1.82) is 0 Å². The van der Waals surface area contributed by atoms with E-state index in [-0.39, 0.29) is 23.2 Å². The Hall–Kier alpha value is -2.25. The molecule has 0 bridgehead atoms. The van der Waals surface area contributed by atoms with E-state index in [9.17, 15) is 17.6 Å². The van der Waals surface area contributed by atoms with Gasteiger partial charge in [0.15, 0.2) is 0 Å². The second kappa shape index (κ2) is 6.70. The van der Waals surface area contributed by atoms with Gasteiger partial charge >= 0.3 is 0 Å². The Morgan fingerprint density at radius 3 is 2.38 bits per heavy atom. The minimum absolute atomic E-state index is 0.182. The standard InChI is InChI=1S/C17H17FN2O3S/c18-14-8-6-13(7-9-14)12-19-17(21)16-10-11-20(16)24(22,23)15-4-2-1-3-5-15/h1-9,16H,10-12H2,(H,19,21)/t16-/m0/s1. The first-order chi connectivity index (χ1) is 11.5. The predicted molar refractivity (Wildman–Crippen MR) is 87.0 cm³/mol. The van der Waals surface area contributed by atoms with Gasteiger partial charge in [0.2, 0.25) is 15.9 Å². The van der Waals surface area contributed by atoms with Crippen LogP contribution in [-0.2, 0) is 21.4 Å². The van der Waals surface area contributed by atoms with Crippen LogP contribution in [0.3, 0.4) is 0 Å². The first kappa shape index (κ1) is 16.6. The van der Waals surface area contributed by atoms with Gasteiger partial charge in [-0.1, -0.05) is 30.3 Å². The smallest absolute Gasteiger partial charge is 0.243 e. The van der Waals surface area contributed by atoms with Crippen LogP contribution in [0.2, 0.25) is 0 Å². The Morgan fingerprint density at radius 2 is 1.79 bits per heavy atom. The molecule has 1 saturated heterocycles. The van der Waals surface area contributed by atoms with E-state index in [1.54, 1.807) is 30.3 Å². The van der Waals surface area contributed by atoms with Crippen LogP contribution in [0.4, 0.5) is 4.39 Å². The van der Waals surface area contributed by atoms with Crippen molar-refractivity contribution in [2.45, 2.75) is 23.9 Å². The number of halogens is 1. The molecule has 0 aliphatic carbocycles. The van der Waals surface area contributed by atoms with Crippen molar-refractivity contribution in [3.8, 4) is 0 Å². The van der Waals surface area contributed by atoms with E-state index in [1.807, 2.05) is 0 Å². The fourth-order valence-electron chi connectivity index (χ4n) is 2.55. The highest BCUT2D eigenvalue weighted by Gasteiger charge is 2.42. The summed E-state index contributed by atoms with van der Waals surface area (Å²) in [5, 5.41) is 2.71. The predicted octanol–water partition coefficient (Wildman–Crippen LogP) is 1.91. The van der Waals surface area contributed by atoms with E-state index < -0.39 is 16.1 Å². The molecule has 24 heavy (non-hydrogen) atoms. The van der Waals surface area contributed by atoms with Crippen molar-refractivity contribution in [3.63, 3.8) is 0 Å². The first-order valence-corrected chi connectivity index (χ1v) is 9.01. The van der Waals surface area contributed by atoms with Crippen LogP contribution < -0.4 is 5.32 Å². The van der Waals surface area contributed by atoms with Crippen molar-refractivity contribution in [2.24, 2.45) is 0 Å². The molecule has 2 aromatic carbocycles. The Labute approximate surface area is 140 Å². The van der Waals surface area contributed by atoms with Crippen LogP contribution in [0.1, 0.15) is 12.0 Å². The second-order valence-electron chi connectivity index (χ2n) is 5.58. The van der Waals surface area contributed by atoms with Gasteiger partial charge < -0.3 is 5.32 Å². The van der Waals surface area contributed by atoms with E-state index in [1.165, 1.54) is 28.6 Å². The average molecular weight is 348 g/mol. The average Bonchev–Trinajstić information content (AvgIpc) is 2.54. The molecule has 7 heteroatoms. The van der Waals surface area contributed by atoms with Crippen LogP contribution in [-0.4, -0.2) is 31.2 Å². The van der Waals surface area contributed by atoms with E-state index in [0.717, 1.165) is 5.56 Å². The van der Waals surface area contributed by atoms with Crippen LogP contribution in [0.5, 0.6) is 0 Å². The Morgan fingerprint density at radius 1 is 1.12 bits per heavy atom. The molecule has 1 N–H and O–H groups in total. The Balaban J connectivity index is 1.65. The number of nitrogens with one attached hydrogen (secondary N) is 1. The van der Waals surface area contributed by atoms with Gasteiger partial charge in [-0.05, 0) is 36.2 Å². The van der Waals surface area contributed by atoms with E-state index in [4.69, 9.17) is 0 Å². The van der Waals surface area contributed by atoms with Gasteiger partial charge in [-0.2, -0.15) is 4.31 Å². The van der Waals surface area contributed by atoms with Gasteiger partial charge in [0.1, 0.15) is 11.9 Å². The highest BCUT2D eigenvalue weighted by molar-refractivity contribution is 7.89. The van der Waals surface area contributed by atoms with E-state index in [2.05, 4.69) is 5.32 Å². The highest BCUT2D eigenvalue weighted by Crippen LogP contribution is 2.27. The maximum Gasteiger partial charge on any atom is 0.243 e. The molecule has 1 heterocycles. The summed E-state index contributed by atoms with van der Waals surface area (Å²) in [5.74, 6) is -0.686. The Kier molecular flexibility index (Phi) is 4.64. The molecule has 5 nitrogen and oxygen atoms in total. The summed E-state index contributed by atoms with van der Waals surface area (Å²) >= 11 is 0. The number of nitrogens with zero attached hydrogens (tertiary/aromatic N) is 1. The molecule has 0 radical (unpaired) electrons. The minimum Gasteiger partial charge on any atom is -0.351 e. The van der Waals surface area contributed by atoms with Crippen LogP contribution in [0, 0.1) is 5.82 Å². The summed E-state index contributed by atoms with van der Waals surface area (Å²) in [6.07, 6.45) is 0.487. The summed E-state index contributed by atoms with van der Waals surface area (Å²) < 4.78 is 39.2. The number of amides is 1. The summed E-state index contributed by atoms with van der Waals surface area (Å²) in [6, 6.07) is 13.2. The highest BCUT2D eigenvalue weighted by atomic mass is 32.2. The number of carbonyl (C=O) groups is 1. The minimum atomic E-state index is -3.66. The fourth-order valence-corrected chi connectivity index (χ4v) is 4.20. The first-order valence-electron chi connectivity index (χ1n) is 7.57. The van der Waals surface area contributed by atoms with Gasteiger partial charge in [-0.3, -0.25) is 4.79 Å². The Bertz CT molecular complexity index is 823.